The van der Waals surface area contributed by atoms with Crippen LogP contribution >= 0.6 is 0 Å². The Morgan fingerprint density at radius 1 is 1.59 bits per heavy atom. The first-order chi connectivity index (χ1) is 8.26. The van der Waals surface area contributed by atoms with E-state index >= 15 is 0 Å². The first-order valence-electron chi connectivity index (χ1n) is 5.73. The molecular weight excluding hydrogens is 220 g/mol. The predicted molar refractivity (Wildman–Crippen MR) is 63.4 cm³/mol. The van der Waals surface area contributed by atoms with Gasteiger partial charge in [0.25, 0.3) is 0 Å². The monoisotopic (exact) mass is 238 g/mol. The van der Waals surface area contributed by atoms with E-state index in [2.05, 4.69) is 10.3 Å². The first-order valence-corrected chi connectivity index (χ1v) is 5.73. The van der Waals surface area contributed by atoms with Gasteiger partial charge in [0.1, 0.15) is 5.76 Å². The standard InChI is InChI=1S/C12H18N2O3/c1-3-10-8-14-11(17-10)9-13-7-5-6-12(15)16-4-2/h5-6,8,13H,3-4,7,9H2,1-2H3/b6-5+. The number of nitrogens with zero attached hydrogens (tertiary/aromatic N) is 1. The number of oxazole rings is 1. The van der Waals surface area contributed by atoms with Gasteiger partial charge in [-0.3, -0.25) is 0 Å². The van der Waals surface area contributed by atoms with Gasteiger partial charge in [-0.25, -0.2) is 9.78 Å². The minimum absolute atomic E-state index is 0.321. The second-order valence-electron chi connectivity index (χ2n) is 3.36. The van der Waals surface area contributed by atoms with E-state index in [4.69, 9.17) is 9.15 Å². The summed E-state index contributed by atoms with van der Waals surface area (Å²) in [6.45, 7) is 5.31. The Balaban J connectivity index is 2.17. The fourth-order valence-electron chi connectivity index (χ4n) is 1.20. The zero-order chi connectivity index (χ0) is 12.5. The van der Waals surface area contributed by atoms with E-state index < -0.39 is 0 Å². The second kappa shape index (κ2) is 7.62. The zero-order valence-electron chi connectivity index (χ0n) is 10.2. The summed E-state index contributed by atoms with van der Waals surface area (Å²) in [6, 6.07) is 0. The highest BCUT2D eigenvalue weighted by Gasteiger charge is 2.00. The first kappa shape index (κ1) is 13.4. The second-order valence-corrected chi connectivity index (χ2v) is 3.36. The van der Waals surface area contributed by atoms with Gasteiger partial charge in [-0.05, 0) is 6.92 Å². The molecule has 1 aromatic heterocycles. The summed E-state index contributed by atoms with van der Waals surface area (Å²) in [6.07, 6.45) is 5.69. The van der Waals surface area contributed by atoms with Gasteiger partial charge in [0.2, 0.25) is 5.89 Å². The van der Waals surface area contributed by atoms with E-state index in [1.165, 1.54) is 6.08 Å². The van der Waals surface area contributed by atoms with Crippen LogP contribution in [0.2, 0.25) is 0 Å². The molecule has 5 heteroatoms. The molecule has 1 heterocycles. The number of hydrogen-bond acceptors (Lipinski definition) is 5. The molecule has 0 aliphatic rings. The van der Waals surface area contributed by atoms with Gasteiger partial charge in [0.15, 0.2) is 0 Å². The summed E-state index contributed by atoms with van der Waals surface area (Å²) < 4.78 is 10.1. The summed E-state index contributed by atoms with van der Waals surface area (Å²) in [5.41, 5.74) is 0. The lowest BCUT2D eigenvalue weighted by Gasteiger charge is -1.97. The molecule has 0 saturated heterocycles. The van der Waals surface area contributed by atoms with Crippen LogP contribution in [-0.4, -0.2) is 24.1 Å². The van der Waals surface area contributed by atoms with Crippen molar-refractivity contribution in [2.75, 3.05) is 13.2 Å². The number of nitrogens with one attached hydrogen (secondary N) is 1. The number of esters is 1. The maximum absolute atomic E-state index is 11.0. The Bertz CT molecular complexity index is 372. The molecule has 17 heavy (non-hydrogen) atoms. The van der Waals surface area contributed by atoms with Crippen LogP contribution in [0.25, 0.3) is 0 Å². The van der Waals surface area contributed by atoms with Crippen molar-refractivity contribution in [2.45, 2.75) is 26.8 Å². The normalized spacial score (nSPS) is 10.9. The molecule has 0 aliphatic heterocycles. The third-order valence-electron chi connectivity index (χ3n) is 2.03. The molecule has 0 bridgehead atoms. The third kappa shape index (κ3) is 5.31. The summed E-state index contributed by atoms with van der Waals surface area (Å²) >= 11 is 0. The largest absolute Gasteiger partial charge is 0.463 e. The summed E-state index contributed by atoms with van der Waals surface area (Å²) in [7, 11) is 0. The molecule has 1 rings (SSSR count). The summed E-state index contributed by atoms with van der Waals surface area (Å²) in [5.74, 6) is 1.22. The molecule has 0 amide bonds. The Morgan fingerprint density at radius 2 is 2.41 bits per heavy atom. The highest BCUT2D eigenvalue weighted by Crippen LogP contribution is 2.03. The van der Waals surface area contributed by atoms with Gasteiger partial charge in [0, 0.05) is 19.0 Å². The van der Waals surface area contributed by atoms with Crippen LogP contribution in [0, 0.1) is 0 Å². The van der Waals surface area contributed by atoms with Crippen molar-refractivity contribution in [1.82, 2.24) is 10.3 Å². The quantitative estimate of drug-likeness (QED) is 0.442. The maximum Gasteiger partial charge on any atom is 0.330 e. The van der Waals surface area contributed by atoms with Crippen LogP contribution in [-0.2, 0) is 22.5 Å². The number of aromatic nitrogens is 1. The Labute approximate surface area is 101 Å². The molecule has 5 nitrogen and oxygen atoms in total. The highest BCUT2D eigenvalue weighted by molar-refractivity contribution is 5.81. The molecule has 0 unspecified atom stereocenters. The number of aryl methyl sites for hydroxylation is 1. The van der Waals surface area contributed by atoms with Gasteiger partial charge in [0.05, 0.1) is 19.3 Å². The molecule has 0 aliphatic carbocycles. The van der Waals surface area contributed by atoms with E-state index in [1.54, 1.807) is 19.2 Å². The van der Waals surface area contributed by atoms with Crippen molar-refractivity contribution < 1.29 is 13.9 Å². The zero-order valence-corrected chi connectivity index (χ0v) is 10.2. The third-order valence-corrected chi connectivity index (χ3v) is 2.03. The van der Waals surface area contributed by atoms with Crippen molar-refractivity contribution in [3.8, 4) is 0 Å². The van der Waals surface area contributed by atoms with Crippen molar-refractivity contribution >= 4 is 5.97 Å². The van der Waals surface area contributed by atoms with Crippen molar-refractivity contribution in [3.63, 3.8) is 0 Å². The van der Waals surface area contributed by atoms with Crippen LogP contribution in [0.3, 0.4) is 0 Å². The van der Waals surface area contributed by atoms with Gasteiger partial charge in [-0.15, -0.1) is 0 Å². The summed E-state index contributed by atoms with van der Waals surface area (Å²) in [4.78, 5) is 15.1. The van der Waals surface area contributed by atoms with Crippen LogP contribution < -0.4 is 5.32 Å². The van der Waals surface area contributed by atoms with Gasteiger partial charge in [-0.2, -0.15) is 0 Å². The molecule has 0 spiro atoms. The lowest BCUT2D eigenvalue weighted by molar-refractivity contribution is -0.137. The van der Waals surface area contributed by atoms with Crippen LogP contribution in [0.15, 0.2) is 22.8 Å². The molecule has 94 valence electrons. The van der Waals surface area contributed by atoms with E-state index in [0.717, 1.165) is 12.2 Å². The SMILES string of the molecule is CCOC(=O)/C=C/CNCc1ncc(CC)o1. The molecule has 0 radical (unpaired) electrons. The van der Waals surface area contributed by atoms with Gasteiger partial charge >= 0.3 is 5.97 Å². The molecule has 0 atom stereocenters. The van der Waals surface area contributed by atoms with E-state index in [0.29, 0.717) is 25.6 Å². The molecular formula is C12H18N2O3. The predicted octanol–water partition coefficient (Wildman–Crippen LogP) is 1.45. The minimum atomic E-state index is -0.321. The maximum atomic E-state index is 11.0. The lowest BCUT2D eigenvalue weighted by atomic mass is 10.4. The molecule has 0 saturated carbocycles. The fourth-order valence-corrected chi connectivity index (χ4v) is 1.20. The molecule has 0 fully saturated rings. The van der Waals surface area contributed by atoms with Crippen LogP contribution in [0.5, 0.6) is 0 Å². The molecule has 1 N–H and O–H groups in total. The number of carbonyl (C=O) groups excluding carboxylic acids is 1. The number of ether oxygens (including phenoxy) is 1. The average Bonchev–Trinajstić information content (AvgIpc) is 2.77. The van der Waals surface area contributed by atoms with Crippen LogP contribution in [0.1, 0.15) is 25.5 Å². The molecule has 1 aromatic rings. The molecule has 0 aromatic carbocycles. The van der Waals surface area contributed by atoms with Crippen LogP contribution in [0.4, 0.5) is 0 Å². The summed E-state index contributed by atoms with van der Waals surface area (Å²) in [5, 5.41) is 3.09. The minimum Gasteiger partial charge on any atom is -0.463 e. The van der Waals surface area contributed by atoms with Crippen molar-refractivity contribution in [1.29, 1.82) is 0 Å². The van der Waals surface area contributed by atoms with Crippen molar-refractivity contribution in [2.24, 2.45) is 0 Å². The van der Waals surface area contributed by atoms with Crippen molar-refractivity contribution in [3.05, 3.63) is 30.0 Å². The highest BCUT2D eigenvalue weighted by atomic mass is 16.5. The topological polar surface area (TPSA) is 64.4 Å². The Hall–Kier alpha value is -1.62. The van der Waals surface area contributed by atoms with Gasteiger partial charge < -0.3 is 14.5 Å². The van der Waals surface area contributed by atoms with Gasteiger partial charge in [-0.1, -0.05) is 13.0 Å². The van der Waals surface area contributed by atoms with E-state index in [1.807, 2.05) is 6.92 Å². The van der Waals surface area contributed by atoms with E-state index in [-0.39, 0.29) is 5.97 Å². The fraction of sp³-hybridized carbons (Fsp3) is 0.500. The lowest BCUT2D eigenvalue weighted by Crippen LogP contribution is -2.13. The number of rotatable bonds is 7. The number of hydrogen-bond donors (Lipinski definition) is 1. The Kier molecular flexibility index (Phi) is 6.03. The smallest absolute Gasteiger partial charge is 0.330 e. The number of carbonyl (C=O) groups is 1. The average molecular weight is 238 g/mol. The Morgan fingerprint density at radius 3 is 3.06 bits per heavy atom. The van der Waals surface area contributed by atoms with E-state index in [9.17, 15) is 4.79 Å².